The molecule has 2 N–H and O–H groups in total. The van der Waals surface area contributed by atoms with E-state index in [1.165, 1.54) is 0 Å². The van der Waals surface area contributed by atoms with E-state index in [0.717, 1.165) is 30.4 Å². The first-order chi connectivity index (χ1) is 8.33. The van der Waals surface area contributed by atoms with Crippen LogP contribution < -0.4 is 10.6 Å². The standard InChI is InChI=1S/C11H18N2O2S2/c1-14-7-4-12-11(16)13-5-8-17-9-10-3-2-6-15-10/h2-3,6H,4-5,7-9H2,1H3,(H2,12,13,16). The molecule has 6 heteroatoms. The smallest absolute Gasteiger partial charge is 0.166 e. The Kier molecular flexibility index (Phi) is 7.87. The maximum Gasteiger partial charge on any atom is 0.166 e. The molecule has 0 aliphatic heterocycles. The Hall–Kier alpha value is -0.720. The van der Waals surface area contributed by atoms with Crippen molar-refractivity contribution in [3.63, 3.8) is 0 Å². The molecule has 17 heavy (non-hydrogen) atoms. The van der Waals surface area contributed by atoms with Crippen LogP contribution in [0.4, 0.5) is 0 Å². The molecule has 0 bridgehead atoms. The minimum atomic E-state index is 0.662. The summed E-state index contributed by atoms with van der Waals surface area (Å²) in [6, 6.07) is 3.89. The third-order valence-electron chi connectivity index (χ3n) is 1.95. The second-order valence-electron chi connectivity index (χ2n) is 3.31. The fourth-order valence-electron chi connectivity index (χ4n) is 1.13. The van der Waals surface area contributed by atoms with Gasteiger partial charge in [-0.2, -0.15) is 11.8 Å². The van der Waals surface area contributed by atoms with Gasteiger partial charge in [0.2, 0.25) is 0 Å². The molecule has 0 radical (unpaired) electrons. The maximum absolute atomic E-state index is 5.23. The van der Waals surface area contributed by atoms with Crippen molar-refractivity contribution in [2.24, 2.45) is 0 Å². The van der Waals surface area contributed by atoms with Gasteiger partial charge in [-0.05, 0) is 24.4 Å². The third-order valence-corrected chi connectivity index (χ3v) is 3.22. The van der Waals surface area contributed by atoms with Gasteiger partial charge in [-0.3, -0.25) is 0 Å². The van der Waals surface area contributed by atoms with E-state index in [1.54, 1.807) is 13.4 Å². The highest BCUT2D eigenvalue weighted by molar-refractivity contribution is 7.98. The second-order valence-corrected chi connectivity index (χ2v) is 4.82. The number of hydrogen-bond donors (Lipinski definition) is 2. The Morgan fingerprint density at radius 3 is 3.00 bits per heavy atom. The molecule has 0 aliphatic rings. The Morgan fingerprint density at radius 2 is 2.29 bits per heavy atom. The predicted molar refractivity (Wildman–Crippen MR) is 75.3 cm³/mol. The van der Waals surface area contributed by atoms with Gasteiger partial charge < -0.3 is 19.8 Å². The van der Waals surface area contributed by atoms with Gasteiger partial charge in [-0.15, -0.1) is 0 Å². The molecule has 4 nitrogen and oxygen atoms in total. The lowest BCUT2D eigenvalue weighted by atomic mass is 10.5. The largest absolute Gasteiger partial charge is 0.468 e. The molecule has 1 heterocycles. The van der Waals surface area contributed by atoms with E-state index >= 15 is 0 Å². The fraction of sp³-hybridized carbons (Fsp3) is 0.545. The van der Waals surface area contributed by atoms with Crippen molar-refractivity contribution in [3.8, 4) is 0 Å². The SMILES string of the molecule is COCCNC(=S)NCCSCc1ccco1. The lowest BCUT2D eigenvalue weighted by molar-refractivity contribution is 0.204. The van der Waals surface area contributed by atoms with Crippen LogP contribution in [0, 0.1) is 0 Å². The molecule has 0 aromatic carbocycles. The zero-order valence-corrected chi connectivity index (χ0v) is 11.5. The van der Waals surface area contributed by atoms with E-state index in [-0.39, 0.29) is 0 Å². The van der Waals surface area contributed by atoms with Crippen molar-refractivity contribution in [2.75, 3.05) is 32.6 Å². The quantitative estimate of drug-likeness (QED) is 0.555. The van der Waals surface area contributed by atoms with Crippen molar-refractivity contribution in [2.45, 2.75) is 5.75 Å². The van der Waals surface area contributed by atoms with Crippen LogP contribution in [0.5, 0.6) is 0 Å². The number of thioether (sulfide) groups is 1. The van der Waals surface area contributed by atoms with Gasteiger partial charge in [0.25, 0.3) is 0 Å². The average molecular weight is 274 g/mol. The summed E-state index contributed by atoms with van der Waals surface area (Å²) in [7, 11) is 1.67. The van der Waals surface area contributed by atoms with Gasteiger partial charge in [0.1, 0.15) is 5.76 Å². The monoisotopic (exact) mass is 274 g/mol. The van der Waals surface area contributed by atoms with Gasteiger partial charge in [-0.25, -0.2) is 0 Å². The molecule has 1 aromatic rings. The average Bonchev–Trinajstić information content (AvgIpc) is 2.82. The normalized spacial score (nSPS) is 10.2. The van der Waals surface area contributed by atoms with E-state index in [0.29, 0.717) is 11.7 Å². The van der Waals surface area contributed by atoms with E-state index in [4.69, 9.17) is 21.4 Å². The van der Waals surface area contributed by atoms with Crippen LogP contribution >= 0.6 is 24.0 Å². The molecule has 1 aromatic heterocycles. The van der Waals surface area contributed by atoms with Crippen molar-refractivity contribution in [1.29, 1.82) is 0 Å². The van der Waals surface area contributed by atoms with Crippen LogP contribution in [-0.4, -0.2) is 37.7 Å². The summed E-state index contributed by atoms with van der Waals surface area (Å²) in [6.07, 6.45) is 1.70. The van der Waals surface area contributed by atoms with Crippen molar-refractivity contribution in [1.82, 2.24) is 10.6 Å². The molecule has 0 fully saturated rings. The molecule has 0 spiro atoms. The van der Waals surface area contributed by atoms with Crippen LogP contribution in [0.15, 0.2) is 22.8 Å². The second kappa shape index (κ2) is 9.32. The Balaban J connectivity index is 1.91. The first-order valence-corrected chi connectivity index (χ1v) is 7.00. The zero-order valence-electron chi connectivity index (χ0n) is 9.90. The summed E-state index contributed by atoms with van der Waals surface area (Å²) >= 11 is 6.90. The Bertz CT molecular complexity index is 304. The fourth-order valence-corrected chi connectivity index (χ4v) is 2.09. The maximum atomic E-state index is 5.23. The number of methoxy groups -OCH3 is 1. The zero-order chi connectivity index (χ0) is 12.3. The minimum absolute atomic E-state index is 0.662. The molecular formula is C11H18N2O2S2. The van der Waals surface area contributed by atoms with Crippen molar-refractivity contribution < 1.29 is 9.15 Å². The van der Waals surface area contributed by atoms with Crippen LogP contribution in [0.3, 0.4) is 0 Å². The van der Waals surface area contributed by atoms with Gasteiger partial charge in [0.15, 0.2) is 5.11 Å². The summed E-state index contributed by atoms with van der Waals surface area (Å²) in [4.78, 5) is 0. The van der Waals surface area contributed by atoms with E-state index in [9.17, 15) is 0 Å². The first-order valence-electron chi connectivity index (χ1n) is 5.43. The van der Waals surface area contributed by atoms with Gasteiger partial charge >= 0.3 is 0 Å². The van der Waals surface area contributed by atoms with Crippen molar-refractivity contribution >= 4 is 29.1 Å². The number of ether oxygens (including phenoxy) is 1. The summed E-state index contributed by atoms with van der Waals surface area (Å²) in [6.45, 7) is 2.25. The lowest BCUT2D eigenvalue weighted by Crippen LogP contribution is -2.38. The van der Waals surface area contributed by atoms with Gasteiger partial charge in [-0.1, -0.05) is 0 Å². The predicted octanol–water partition coefficient (Wildman–Crippen LogP) is 1.62. The topological polar surface area (TPSA) is 46.4 Å². The molecule has 1 rings (SSSR count). The van der Waals surface area contributed by atoms with Crippen LogP contribution in [0.25, 0.3) is 0 Å². The molecule has 0 saturated carbocycles. The molecule has 0 saturated heterocycles. The summed E-state index contributed by atoms with van der Waals surface area (Å²) in [5, 5.41) is 6.87. The van der Waals surface area contributed by atoms with Crippen LogP contribution in [0.2, 0.25) is 0 Å². The van der Waals surface area contributed by atoms with E-state index in [1.807, 2.05) is 23.9 Å². The molecule has 0 atom stereocenters. The number of nitrogens with one attached hydrogen (secondary N) is 2. The summed E-state index contributed by atoms with van der Waals surface area (Å²) in [5.74, 6) is 2.90. The molecule has 96 valence electrons. The summed E-state index contributed by atoms with van der Waals surface area (Å²) in [5.41, 5.74) is 0. The highest BCUT2D eigenvalue weighted by Crippen LogP contribution is 2.11. The van der Waals surface area contributed by atoms with Crippen molar-refractivity contribution in [3.05, 3.63) is 24.2 Å². The summed E-state index contributed by atoms with van der Waals surface area (Å²) < 4.78 is 10.1. The number of thiocarbonyl (C=S) groups is 1. The minimum Gasteiger partial charge on any atom is -0.468 e. The molecular weight excluding hydrogens is 256 g/mol. The van der Waals surface area contributed by atoms with E-state index < -0.39 is 0 Å². The molecule has 0 unspecified atom stereocenters. The highest BCUT2D eigenvalue weighted by atomic mass is 32.2. The van der Waals surface area contributed by atoms with Crippen LogP contribution in [0.1, 0.15) is 5.76 Å². The molecule has 0 aliphatic carbocycles. The number of hydrogen-bond acceptors (Lipinski definition) is 4. The number of rotatable bonds is 8. The van der Waals surface area contributed by atoms with Gasteiger partial charge in [0.05, 0.1) is 18.6 Å². The van der Waals surface area contributed by atoms with Crippen LogP contribution in [-0.2, 0) is 10.5 Å². The van der Waals surface area contributed by atoms with Gasteiger partial charge in [0, 0.05) is 26.0 Å². The van der Waals surface area contributed by atoms with E-state index in [2.05, 4.69) is 10.6 Å². The third kappa shape index (κ3) is 7.25. The lowest BCUT2D eigenvalue weighted by Gasteiger charge is -2.09. The first kappa shape index (κ1) is 14.3. The Labute approximate surface area is 111 Å². The molecule has 0 amide bonds. The highest BCUT2D eigenvalue weighted by Gasteiger charge is 1.97. The number of furan rings is 1. The Morgan fingerprint density at radius 1 is 1.47 bits per heavy atom.